The average molecular weight is 242 g/mol. The SMILES string of the molecule is CCCCOC(=O)C1CCCCC1C(=O)OC. The molecule has 0 heterocycles. The quantitative estimate of drug-likeness (QED) is 0.548. The number of carbonyl (C=O) groups is 2. The zero-order valence-corrected chi connectivity index (χ0v) is 10.7. The van der Waals surface area contributed by atoms with Crippen molar-refractivity contribution >= 4 is 11.9 Å². The fourth-order valence-corrected chi connectivity index (χ4v) is 2.27. The number of rotatable bonds is 5. The van der Waals surface area contributed by atoms with Crippen molar-refractivity contribution in [2.24, 2.45) is 11.8 Å². The number of esters is 2. The third kappa shape index (κ3) is 4.02. The fraction of sp³-hybridized carbons (Fsp3) is 0.846. The highest BCUT2D eigenvalue weighted by atomic mass is 16.5. The van der Waals surface area contributed by atoms with Crippen molar-refractivity contribution in [2.45, 2.75) is 45.4 Å². The summed E-state index contributed by atoms with van der Waals surface area (Å²) in [6.07, 6.45) is 5.32. The van der Waals surface area contributed by atoms with Crippen molar-refractivity contribution in [3.8, 4) is 0 Å². The van der Waals surface area contributed by atoms with Crippen molar-refractivity contribution in [2.75, 3.05) is 13.7 Å². The second-order valence-corrected chi connectivity index (χ2v) is 4.54. The van der Waals surface area contributed by atoms with Gasteiger partial charge >= 0.3 is 11.9 Å². The maximum absolute atomic E-state index is 11.9. The molecule has 0 aromatic rings. The van der Waals surface area contributed by atoms with Crippen molar-refractivity contribution in [1.82, 2.24) is 0 Å². The highest BCUT2D eigenvalue weighted by molar-refractivity contribution is 5.82. The van der Waals surface area contributed by atoms with Gasteiger partial charge in [0.05, 0.1) is 25.6 Å². The Morgan fingerprint density at radius 3 is 2.24 bits per heavy atom. The minimum Gasteiger partial charge on any atom is -0.469 e. The lowest BCUT2D eigenvalue weighted by molar-refractivity contribution is -0.161. The molecule has 0 saturated heterocycles. The third-order valence-electron chi connectivity index (χ3n) is 3.31. The van der Waals surface area contributed by atoms with Gasteiger partial charge in [0, 0.05) is 0 Å². The van der Waals surface area contributed by atoms with E-state index in [9.17, 15) is 9.59 Å². The number of methoxy groups -OCH3 is 1. The molecule has 2 unspecified atom stereocenters. The number of hydrogen-bond donors (Lipinski definition) is 0. The summed E-state index contributed by atoms with van der Waals surface area (Å²) in [5.74, 6) is -1.10. The first-order valence-electron chi connectivity index (χ1n) is 6.45. The second kappa shape index (κ2) is 7.30. The van der Waals surface area contributed by atoms with E-state index in [1.807, 2.05) is 6.92 Å². The molecule has 0 bridgehead atoms. The molecule has 0 N–H and O–H groups in total. The van der Waals surface area contributed by atoms with E-state index in [4.69, 9.17) is 9.47 Å². The summed E-state index contributed by atoms with van der Waals surface area (Å²) >= 11 is 0. The van der Waals surface area contributed by atoms with E-state index in [0.29, 0.717) is 6.61 Å². The predicted octanol–water partition coefficient (Wildman–Crippen LogP) is 2.31. The Bertz CT molecular complexity index is 262. The first-order valence-corrected chi connectivity index (χ1v) is 6.45. The molecule has 2 atom stereocenters. The molecule has 4 nitrogen and oxygen atoms in total. The van der Waals surface area contributed by atoms with Gasteiger partial charge in [-0.2, -0.15) is 0 Å². The van der Waals surface area contributed by atoms with Gasteiger partial charge in [-0.15, -0.1) is 0 Å². The lowest BCUT2D eigenvalue weighted by Gasteiger charge is -2.27. The summed E-state index contributed by atoms with van der Waals surface area (Å²) in [6.45, 7) is 2.51. The number of hydrogen-bond acceptors (Lipinski definition) is 4. The van der Waals surface area contributed by atoms with E-state index >= 15 is 0 Å². The normalized spacial score (nSPS) is 24.1. The van der Waals surface area contributed by atoms with E-state index in [2.05, 4.69) is 0 Å². The molecule has 17 heavy (non-hydrogen) atoms. The van der Waals surface area contributed by atoms with Crippen molar-refractivity contribution in [3.63, 3.8) is 0 Å². The van der Waals surface area contributed by atoms with Crippen molar-refractivity contribution < 1.29 is 19.1 Å². The van der Waals surface area contributed by atoms with Gasteiger partial charge in [0.15, 0.2) is 0 Å². The summed E-state index contributed by atoms with van der Waals surface area (Å²) in [5, 5.41) is 0. The molecule has 0 amide bonds. The van der Waals surface area contributed by atoms with Crippen LogP contribution in [0.4, 0.5) is 0 Å². The number of unbranched alkanes of at least 4 members (excludes halogenated alkanes) is 1. The summed E-state index contributed by atoms with van der Waals surface area (Å²) < 4.78 is 9.95. The van der Waals surface area contributed by atoms with Gasteiger partial charge in [0.2, 0.25) is 0 Å². The van der Waals surface area contributed by atoms with E-state index < -0.39 is 0 Å². The smallest absolute Gasteiger partial charge is 0.309 e. The summed E-state index contributed by atoms with van der Waals surface area (Å²) in [6, 6.07) is 0. The molecular weight excluding hydrogens is 220 g/mol. The minimum absolute atomic E-state index is 0.228. The van der Waals surface area contributed by atoms with Crippen LogP contribution in [0.5, 0.6) is 0 Å². The third-order valence-corrected chi connectivity index (χ3v) is 3.31. The van der Waals surface area contributed by atoms with E-state index in [1.54, 1.807) is 0 Å². The first-order chi connectivity index (χ1) is 8.20. The fourth-order valence-electron chi connectivity index (χ4n) is 2.27. The molecule has 1 rings (SSSR count). The molecule has 0 aromatic heterocycles. The van der Waals surface area contributed by atoms with Crippen LogP contribution in [0.15, 0.2) is 0 Å². The monoisotopic (exact) mass is 242 g/mol. The van der Waals surface area contributed by atoms with Crippen LogP contribution in [0.2, 0.25) is 0 Å². The molecule has 0 aliphatic heterocycles. The molecule has 98 valence electrons. The molecule has 1 saturated carbocycles. The van der Waals surface area contributed by atoms with E-state index in [1.165, 1.54) is 7.11 Å². The zero-order valence-electron chi connectivity index (χ0n) is 10.7. The van der Waals surface area contributed by atoms with Crippen LogP contribution in [0.3, 0.4) is 0 Å². The van der Waals surface area contributed by atoms with Gasteiger partial charge in [-0.3, -0.25) is 9.59 Å². The molecule has 0 aromatic carbocycles. The van der Waals surface area contributed by atoms with Crippen LogP contribution in [-0.2, 0) is 19.1 Å². The van der Waals surface area contributed by atoms with Crippen LogP contribution in [-0.4, -0.2) is 25.7 Å². The highest BCUT2D eigenvalue weighted by Gasteiger charge is 2.37. The molecule has 1 aliphatic rings. The Hall–Kier alpha value is -1.06. The number of carbonyl (C=O) groups excluding carboxylic acids is 2. The van der Waals surface area contributed by atoms with Gasteiger partial charge in [-0.25, -0.2) is 0 Å². The Morgan fingerprint density at radius 2 is 1.71 bits per heavy atom. The zero-order chi connectivity index (χ0) is 12.7. The Labute approximate surface area is 103 Å². The minimum atomic E-state index is -0.303. The van der Waals surface area contributed by atoms with E-state index in [0.717, 1.165) is 38.5 Å². The van der Waals surface area contributed by atoms with E-state index in [-0.39, 0.29) is 23.8 Å². The lowest BCUT2D eigenvalue weighted by Crippen LogP contribution is -2.34. The largest absolute Gasteiger partial charge is 0.469 e. The average Bonchev–Trinajstić information content (AvgIpc) is 2.38. The summed E-state index contributed by atoms with van der Waals surface area (Å²) in [4.78, 5) is 23.5. The molecule has 0 spiro atoms. The second-order valence-electron chi connectivity index (χ2n) is 4.54. The first kappa shape index (κ1) is 14.0. The molecule has 0 radical (unpaired) electrons. The lowest BCUT2D eigenvalue weighted by atomic mass is 9.79. The topological polar surface area (TPSA) is 52.6 Å². The van der Waals surface area contributed by atoms with Crippen LogP contribution >= 0.6 is 0 Å². The molecule has 1 aliphatic carbocycles. The molecule has 1 fully saturated rings. The molecule has 4 heteroatoms. The highest BCUT2D eigenvalue weighted by Crippen LogP contribution is 2.31. The van der Waals surface area contributed by atoms with Gasteiger partial charge in [-0.05, 0) is 19.3 Å². The van der Waals surface area contributed by atoms with Crippen LogP contribution in [0, 0.1) is 11.8 Å². The number of ether oxygens (including phenoxy) is 2. The summed E-state index contributed by atoms with van der Waals surface area (Å²) in [7, 11) is 1.37. The Kier molecular flexibility index (Phi) is 6.01. The van der Waals surface area contributed by atoms with Gasteiger partial charge in [0.25, 0.3) is 0 Å². The Balaban J connectivity index is 2.52. The van der Waals surface area contributed by atoms with Gasteiger partial charge < -0.3 is 9.47 Å². The molecular formula is C13H22O4. The van der Waals surface area contributed by atoms with Crippen molar-refractivity contribution in [1.29, 1.82) is 0 Å². The summed E-state index contributed by atoms with van der Waals surface area (Å²) in [5.41, 5.74) is 0. The van der Waals surface area contributed by atoms with Crippen molar-refractivity contribution in [3.05, 3.63) is 0 Å². The van der Waals surface area contributed by atoms with Gasteiger partial charge in [0.1, 0.15) is 0 Å². The van der Waals surface area contributed by atoms with Crippen LogP contribution < -0.4 is 0 Å². The van der Waals surface area contributed by atoms with Crippen LogP contribution in [0.1, 0.15) is 45.4 Å². The predicted molar refractivity (Wildman–Crippen MR) is 63.3 cm³/mol. The standard InChI is InChI=1S/C13H22O4/c1-3-4-9-17-13(15)11-8-6-5-7-10(11)12(14)16-2/h10-11H,3-9H2,1-2H3. The van der Waals surface area contributed by atoms with Crippen LogP contribution in [0.25, 0.3) is 0 Å². The maximum Gasteiger partial charge on any atom is 0.309 e. The Morgan fingerprint density at radius 1 is 1.12 bits per heavy atom. The van der Waals surface area contributed by atoms with Gasteiger partial charge in [-0.1, -0.05) is 26.2 Å². The maximum atomic E-state index is 11.9.